The molecule has 1 aliphatic carbocycles. The first-order chi connectivity index (χ1) is 32.0. The van der Waals surface area contributed by atoms with Crippen LogP contribution in [0.2, 0.25) is 0 Å². The third kappa shape index (κ3) is 33.5. The number of esters is 1. The number of phosphoric ester groups is 1. The third-order valence-electron chi connectivity index (χ3n) is 10.6. The van der Waals surface area contributed by atoms with Crippen LogP contribution in [0.1, 0.15) is 155 Å². The van der Waals surface area contributed by atoms with Crippen LogP contribution in [0.4, 0.5) is 0 Å². The molecule has 0 heterocycles. The van der Waals surface area contributed by atoms with Crippen molar-refractivity contribution >= 4 is 13.8 Å². The number of aliphatic hydroxyl groups is 5. The first-order valence-electron chi connectivity index (χ1n) is 24.7. The van der Waals surface area contributed by atoms with Crippen LogP contribution in [0.3, 0.4) is 0 Å². The van der Waals surface area contributed by atoms with Crippen LogP contribution >= 0.6 is 7.82 Å². The van der Waals surface area contributed by atoms with Gasteiger partial charge in [0.2, 0.25) is 0 Å². The molecule has 0 saturated heterocycles. The van der Waals surface area contributed by atoms with Crippen molar-refractivity contribution in [3.05, 3.63) is 109 Å². The van der Waals surface area contributed by atoms with Crippen LogP contribution in [-0.2, 0) is 27.9 Å². The summed E-state index contributed by atoms with van der Waals surface area (Å²) in [5.41, 5.74) is 0. The van der Waals surface area contributed by atoms with Crippen molar-refractivity contribution in [2.45, 2.75) is 198 Å². The van der Waals surface area contributed by atoms with Gasteiger partial charge in [0.15, 0.2) is 0 Å². The molecule has 0 radical (unpaired) electrons. The van der Waals surface area contributed by atoms with Crippen LogP contribution in [0.25, 0.3) is 0 Å². The Bertz CT molecular complexity index is 1500. The molecule has 6 N–H and O–H groups in total. The van der Waals surface area contributed by atoms with Gasteiger partial charge in [-0.3, -0.25) is 13.8 Å². The molecule has 1 saturated carbocycles. The van der Waals surface area contributed by atoms with Crippen molar-refractivity contribution in [3.63, 3.8) is 0 Å². The highest BCUT2D eigenvalue weighted by Gasteiger charge is 2.51. The first kappa shape index (κ1) is 61.0. The van der Waals surface area contributed by atoms with E-state index in [2.05, 4.69) is 123 Å². The van der Waals surface area contributed by atoms with E-state index in [0.717, 1.165) is 109 Å². The van der Waals surface area contributed by atoms with Gasteiger partial charge in [-0.25, -0.2) is 4.57 Å². The molecular formula is C53H87O12P. The van der Waals surface area contributed by atoms with Gasteiger partial charge in [-0.05, 0) is 96.3 Å². The maximum absolute atomic E-state index is 12.8. The Morgan fingerprint density at radius 1 is 0.485 bits per heavy atom. The number of phosphoric acid groups is 1. The molecule has 12 nitrogen and oxygen atoms in total. The first-order valence-corrected chi connectivity index (χ1v) is 26.2. The Morgan fingerprint density at radius 3 is 1.29 bits per heavy atom. The summed E-state index contributed by atoms with van der Waals surface area (Å²) < 4.78 is 34.2. The SMILES string of the molecule is CC/C=C\C/C=C\C/C=C\C/C=C\C/C=C\CCCCCC(=O)OC(COCCCCCCCCC/C=C\C/C=C\C/C=C\C/C=C\CC)COP(=O)(O)OC1C(O)C(O)C(O)C(O)C1O. The fourth-order valence-corrected chi connectivity index (χ4v) is 7.76. The highest BCUT2D eigenvalue weighted by molar-refractivity contribution is 7.47. The second kappa shape index (κ2) is 42.1. The van der Waals surface area contributed by atoms with Gasteiger partial charge in [0.05, 0.1) is 13.2 Å². The lowest BCUT2D eigenvalue weighted by Gasteiger charge is -2.41. The molecule has 6 atom stereocenters. The predicted molar refractivity (Wildman–Crippen MR) is 267 cm³/mol. The minimum absolute atomic E-state index is 0.106. The molecule has 1 rings (SSSR count). The van der Waals surface area contributed by atoms with Crippen molar-refractivity contribution in [2.24, 2.45) is 0 Å². The van der Waals surface area contributed by atoms with Gasteiger partial charge < -0.3 is 39.9 Å². The fraction of sp³-hybridized carbons (Fsp3) is 0.642. The number of hydrogen-bond acceptors (Lipinski definition) is 11. The highest BCUT2D eigenvalue weighted by atomic mass is 31.2. The Morgan fingerprint density at radius 2 is 0.848 bits per heavy atom. The zero-order valence-electron chi connectivity index (χ0n) is 40.2. The van der Waals surface area contributed by atoms with Gasteiger partial charge >= 0.3 is 13.8 Å². The van der Waals surface area contributed by atoms with E-state index in [1.807, 2.05) is 0 Å². The van der Waals surface area contributed by atoms with Crippen molar-refractivity contribution in [1.29, 1.82) is 0 Å². The second-order valence-electron chi connectivity index (χ2n) is 16.5. The number of allylic oxidation sites excluding steroid dienone is 18. The molecular weight excluding hydrogens is 860 g/mol. The molecule has 13 heteroatoms. The monoisotopic (exact) mass is 947 g/mol. The van der Waals surface area contributed by atoms with Crippen molar-refractivity contribution in [2.75, 3.05) is 19.8 Å². The smallest absolute Gasteiger partial charge is 0.457 e. The average Bonchev–Trinajstić information content (AvgIpc) is 3.30. The summed E-state index contributed by atoms with van der Waals surface area (Å²) in [6.45, 7) is 3.96. The average molecular weight is 947 g/mol. The normalized spacial score (nSPS) is 22.4. The maximum Gasteiger partial charge on any atom is 0.472 e. The fourth-order valence-electron chi connectivity index (χ4n) is 6.78. The molecule has 1 fully saturated rings. The van der Waals surface area contributed by atoms with Crippen LogP contribution in [-0.4, -0.2) is 98.9 Å². The van der Waals surface area contributed by atoms with E-state index in [1.165, 1.54) is 19.3 Å². The molecule has 0 aromatic carbocycles. The molecule has 376 valence electrons. The van der Waals surface area contributed by atoms with Gasteiger partial charge in [0, 0.05) is 13.0 Å². The number of unbranched alkanes of at least 4 members (excludes halogenated alkanes) is 10. The van der Waals surface area contributed by atoms with Gasteiger partial charge in [-0.15, -0.1) is 0 Å². The topological polar surface area (TPSA) is 192 Å². The van der Waals surface area contributed by atoms with Crippen molar-refractivity contribution in [1.82, 2.24) is 0 Å². The lowest BCUT2D eigenvalue weighted by Crippen LogP contribution is -2.64. The number of aliphatic hydroxyl groups excluding tert-OH is 5. The molecule has 0 aromatic heterocycles. The van der Waals surface area contributed by atoms with E-state index in [-0.39, 0.29) is 13.0 Å². The third-order valence-corrected chi connectivity index (χ3v) is 11.6. The number of ether oxygens (including phenoxy) is 2. The lowest BCUT2D eigenvalue weighted by atomic mass is 9.85. The van der Waals surface area contributed by atoms with Crippen LogP contribution in [0, 0.1) is 0 Å². The number of carbonyl (C=O) groups excluding carboxylic acids is 1. The van der Waals surface area contributed by atoms with Crippen molar-refractivity contribution < 1.29 is 58.3 Å². The second-order valence-corrected chi connectivity index (χ2v) is 18.0. The molecule has 0 bridgehead atoms. The number of rotatable bonds is 40. The predicted octanol–water partition coefficient (Wildman–Crippen LogP) is 10.9. The lowest BCUT2D eigenvalue weighted by molar-refractivity contribution is -0.220. The summed E-state index contributed by atoms with van der Waals surface area (Å²) in [4.78, 5) is 23.2. The molecule has 1 aliphatic rings. The summed E-state index contributed by atoms with van der Waals surface area (Å²) in [7, 11) is -5.04. The Kier molecular flexibility index (Phi) is 38.9. The van der Waals surface area contributed by atoms with E-state index in [1.54, 1.807) is 0 Å². The Hall–Kier alpha value is -3.00. The van der Waals surface area contributed by atoms with Crippen LogP contribution < -0.4 is 0 Å². The van der Waals surface area contributed by atoms with Gasteiger partial charge in [-0.2, -0.15) is 0 Å². The highest BCUT2D eigenvalue weighted by Crippen LogP contribution is 2.47. The van der Waals surface area contributed by atoms with E-state index >= 15 is 0 Å². The minimum atomic E-state index is -5.04. The van der Waals surface area contributed by atoms with Crippen LogP contribution in [0.5, 0.6) is 0 Å². The van der Waals surface area contributed by atoms with Crippen LogP contribution in [0.15, 0.2) is 109 Å². The van der Waals surface area contributed by atoms with E-state index in [9.17, 15) is 39.8 Å². The summed E-state index contributed by atoms with van der Waals surface area (Å²) >= 11 is 0. The molecule has 0 amide bonds. The number of carbonyl (C=O) groups is 1. The maximum atomic E-state index is 12.8. The molecule has 0 aromatic rings. The molecule has 0 aliphatic heterocycles. The quantitative estimate of drug-likeness (QED) is 0.0148. The van der Waals surface area contributed by atoms with Gasteiger partial charge in [-0.1, -0.05) is 162 Å². The van der Waals surface area contributed by atoms with E-state index < -0.39 is 63.1 Å². The summed E-state index contributed by atoms with van der Waals surface area (Å²) in [6, 6.07) is 0. The summed E-state index contributed by atoms with van der Waals surface area (Å²) in [5.74, 6) is -0.517. The minimum Gasteiger partial charge on any atom is -0.457 e. The van der Waals surface area contributed by atoms with Crippen molar-refractivity contribution in [3.8, 4) is 0 Å². The molecule has 66 heavy (non-hydrogen) atoms. The van der Waals surface area contributed by atoms with Gasteiger partial charge in [0.25, 0.3) is 0 Å². The van der Waals surface area contributed by atoms with E-state index in [4.69, 9.17) is 18.5 Å². The Balaban J connectivity index is 2.41. The summed E-state index contributed by atoms with van der Waals surface area (Å²) in [5, 5.41) is 50.3. The Labute approximate surface area is 397 Å². The molecule has 0 spiro atoms. The standard InChI is InChI=1S/C53H87O12P/c1-3-5-7-9-11-13-15-17-19-21-23-25-27-29-31-33-35-37-39-41-43-62-44-46(45-63-66(60,61)65-53-51(58)49(56)48(55)50(57)52(53)59)64-47(54)42-40-38-36-34-32-30-28-26-24-22-20-18-16-14-12-10-8-6-4-2/h5-8,11-14,17-20,23-26,30,32,46,48-53,55-59H,3-4,9-10,15-16,21-22,27-29,31,33-45H2,1-2H3,(H,60,61)/b7-5-,8-6-,13-11-,14-12-,19-17-,20-18-,25-23-,26-24-,32-30-. The largest absolute Gasteiger partial charge is 0.472 e. The van der Waals surface area contributed by atoms with E-state index in [0.29, 0.717) is 13.0 Å². The zero-order valence-corrected chi connectivity index (χ0v) is 41.1. The van der Waals surface area contributed by atoms with Gasteiger partial charge in [0.1, 0.15) is 42.7 Å². The summed E-state index contributed by atoms with van der Waals surface area (Å²) in [6.07, 6.45) is 47.2. The number of hydrogen-bond donors (Lipinski definition) is 6. The zero-order chi connectivity index (χ0) is 48.4. The molecule has 6 unspecified atom stereocenters.